The zero-order valence-electron chi connectivity index (χ0n) is 12.7. The number of hydrogen-bond donors (Lipinski definition) is 0. The number of likely N-dealkylation sites (tertiary alicyclic amines) is 1. The first kappa shape index (κ1) is 17.2. The Hall–Kier alpha value is -0.820. The van der Waals surface area contributed by atoms with Gasteiger partial charge in [0, 0.05) is 13.1 Å². The monoisotopic (exact) mass is 307 g/mol. The fourth-order valence-corrected chi connectivity index (χ4v) is 3.17. The van der Waals surface area contributed by atoms with Crippen molar-refractivity contribution in [2.24, 2.45) is 0 Å². The lowest BCUT2D eigenvalue weighted by Crippen LogP contribution is -2.43. The lowest BCUT2D eigenvalue weighted by atomic mass is 10.1. The van der Waals surface area contributed by atoms with Gasteiger partial charge in [0.1, 0.15) is 5.60 Å². The number of carbonyl (C=O) groups is 1. The van der Waals surface area contributed by atoms with E-state index in [1.54, 1.807) is 11.8 Å². The summed E-state index contributed by atoms with van der Waals surface area (Å²) >= 11 is 0. The summed E-state index contributed by atoms with van der Waals surface area (Å²) in [5, 5.41) is 0. The first-order chi connectivity index (χ1) is 9.13. The van der Waals surface area contributed by atoms with Crippen LogP contribution in [0.25, 0.3) is 0 Å². The predicted molar refractivity (Wildman–Crippen MR) is 76.0 cm³/mol. The van der Waals surface area contributed by atoms with Gasteiger partial charge in [-0.25, -0.2) is 4.79 Å². The zero-order valence-corrected chi connectivity index (χ0v) is 13.5. The molecule has 118 valence electrons. The maximum absolute atomic E-state index is 11.9. The third-order valence-electron chi connectivity index (χ3n) is 2.83. The first-order valence-electron chi connectivity index (χ1n) is 7.02. The van der Waals surface area contributed by atoms with Crippen molar-refractivity contribution in [3.05, 3.63) is 0 Å². The molecule has 0 unspecified atom stereocenters. The topological polar surface area (TPSA) is 72.9 Å². The van der Waals surface area contributed by atoms with E-state index in [1.807, 2.05) is 20.8 Å². The minimum absolute atomic E-state index is 0.0410. The lowest BCUT2D eigenvalue weighted by molar-refractivity contribution is 0.0133. The van der Waals surface area contributed by atoms with E-state index in [1.165, 1.54) is 0 Å². The molecule has 6 nitrogen and oxygen atoms in total. The van der Waals surface area contributed by atoms with E-state index >= 15 is 0 Å². The smallest absolute Gasteiger partial charge is 0.410 e. The number of rotatable bonds is 4. The van der Waals surface area contributed by atoms with Crippen LogP contribution < -0.4 is 0 Å². The molecule has 1 amide bonds. The fourth-order valence-electron chi connectivity index (χ4n) is 1.97. The normalized spacial score (nSPS) is 18.1. The Balaban J connectivity index is 2.42. The molecule has 0 aliphatic carbocycles. The van der Waals surface area contributed by atoms with Crippen LogP contribution in [0.4, 0.5) is 4.79 Å². The molecule has 1 saturated heterocycles. The molecule has 0 radical (unpaired) electrons. The van der Waals surface area contributed by atoms with E-state index in [4.69, 9.17) is 8.92 Å². The van der Waals surface area contributed by atoms with Gasteiger partial charge in [0.05, 0.1) is 11.9 Å². The summed E-state index contributed by atoms with van der Waals surface area (Å²) in [4.78, 5) is 13.4. The summed E-state index contributed by atoms with van der Waals surface area (Å²) in [6.45, 7) is 8.17. The van der Waals surface area contributed by atoms with Gasteiger partial charge in [0.2, 0.25) is 0 Å². The number of hydrogen-bond acceptors (Lipinski definition) is 5. The Kier molecular flexibility index (Phi) is 5.82. The summed E-state index contributed by atoms with van der Waals surface area (Å²) < 4.78 is 33.6. The third-order valence-corrected chi connectivity index (χ3v) is 4.30. The summed E-state index contributed by atoms with van der Waals surface area (Å²) in [5.74, 6) is 0.0410. The van der Waals surface area contributed by atoms with E-state index in [-0.39, 0.29) is 18.0 Å². The average molecular weight is 307 g/mol. The van der Waals surface area contributed by atoms with Crippen molar-refractivity contribution in [1.29, 1.82) is 0 Å². The van der Waals surface area contributed by atoms with E-state index in [9.17, 15) is 13.2 Å². The van der Waals surface area contributed by atoms with Crippen LogP contribution in [-0.4, -0.2) is 50.0 Å². The molecule has 1 fully saturated rings. The Morgan fingerprint density at radius 1 is 1.25 bits per heavy atom. The summed E-state index contributed by atoms with van der Waals surface area (Å²) in [5.41, 5.74) is -0.519. The van der Waals surface area contributed by atoms with Gasteiger partial charge in [-0.2, -0.15) is 8.42 Å². The molecule has 1 rings (SSSR count). The van der Waals surface area contributed by atoms with Crippen LogP contribution in [0.2, 0.25) is 0 Å². The number of amides is 1. The van der Waals surface area contributed by atoms with Crippen LogP contribution in [0.3, 0.4) is 0 Å². The highest BCUT2D eigenvalue weighted by atomic mass is 32.2. The van der Waals surface area contributed by atoms with Crippen molar-refractivity contribution in [3.8, 4) is 0 Å². The van der Waals surface area contributed by atoms with E-state index in [0.29, 0.717) is 32.4 Å². The zero-order chi connectivity index (χ0) is 15.4. The van der Waals surface area contributed by atoms with Gasteiger partial charge in [-0.05, 0) is 40.0 Å². The fraction of sp³-hybridized carbons (Fsp3) is 0.923. The molecule has 0 atom stereocenters. The second kappa shape index (κ2) is 6.76. The van der Waals surface area contributed by atoms with Gasteiger partial charge < -0.3 is 9.64 Å². The van der Waals surface area contributed by atoms with E-state index < -0.39 is 15.7 Å². The molecular weight excluding hydrogens is 282 g/mol. The minimum atomic E-state index is -3.43. The van der Waals surface area contributed by atoms with Crippen LogP contribution in [0.5, 0.6) is 0 Å². The van der Waals surface area contributed by atoms with Crippen molar-refractivity contribution in [3.63, 3.8) is 0 Å². The Morgan fingerprint density at radius 3 is 2.25 bits per heavy atom. The number of ether oxygens (including phenoxy) is 1. The average Bonchev–Trinajstić information content (AvgIpc) is 2.26. The Labute approximate surface area is 121 Å². The molecule has 0 N–H and O–H groups in total. The quantitative estimate of drug-likeness (QED) is 0.744. The maximum Gasteiger partial charge on any atom is 0.410 e. The first-order valence-corrected chi connectivity index (χ1v) is 8.59. The molecule has 1 heterocycles. The van der Waals surface area contributed by atoms with Crippen molar-refractivity contribution < 1.29 is 22.1 Å². The van der Waals surface area contributed by atoms with Crippen LogP contribution in [0.15, 0.2) is 0 Å². The number of carbonyl (C=O) groups excluding carboxylic acids is 1. The van der Waals surface area contributed by atoms with Crippen molar-refractivity contribution in [2.75, 3.05) is 18.8 Å². The van der Waals surface area contributed by atoms with Crippen LogP contribution in [0.1, 0.15) is 47.0 Å². The molecule has 0 spiro atoms. The standard InChI is InChI=1S/C13H25NO5S/c1-5-10-20(16,17)19-11-6-8-14(9-7-11)12(15)18-13(2,3)4/h11H,5-10H2,1-4H3. The van der Waals surface area contributed by atoms with Crippen LogP contribution in [0, 0.1) is 0 Å². The molecule has 1 aliphatic heterocycles. The van der Waals surface area contributed by atoms with E-state index in [0.717, 1.165) is 0 Å². The molecule has 20 heavy (non-hydrogen) atoms. The Morgan fingerprint density at radius 2 is 1.80 bits per heavy atom. The SMILES string of the molecule is CCCS(=O)(=O)OC1CCN(C(=O)OC(C)(C)C)CC1. The van der Waals surface area contributed by atoms with Gasteiger partial charge in [0.15, 0.2) is 0 Å². The molecular formula is C13H25NO5S. The third kappa shape index (κ3) is 6.09. The second-order valence-corrected chi connectivity index (χ2v) is 7.74. The van der Waals surface area contributed by atoms with Gasteiger partial charge in [0.25, 0.3) is 10.1 Å². The highest BCUT2D eigenvalue weighted by Gasteiger charge is 2.29. The van der Waals surface area contributed by atoms with Crippen molar-refractivity contribution in [2.45, 2.75) is 58.7 Å². The largest absolute Gasteiger partial charge is 0.444 e. The Bertz CT molecular complexity index is 419. The minimum Gasteiger partial charge on any atom is -0.444 e. The van der Waals surface area contributed by atoms with Gasteiger partial charge in [-0.3, -0.25) is 4.18 Å². The van der Waals surface area contributed by atoms with Crippen LogP contribution >= 0.6 is 0 Å². The van der Waals surface area contributed by atoms with Crippen molar-refractivity contribution in [1.82, 2.24) is 4.90 Å². The summed E-state index contributed by atoms with van der Waals surface area (Å²) in [7, 11) is -3.43. The molecule has 0 aromatic carbocycles. The van der Waals surface area contributed by atoms with Gasteiger partial charge in [-0.15, -0.1) is 0 Å². The lowest BCUT2D eigenvalue weighted by Gasteiger charge is -2.33. The maximum atomic E-state index is 11.9. The van der Waals surface area contributed by atoms with Crippen molar-refractivity contribution >= 4 is 16.2 Å². The molecule has 0 aromatic rings. The summed E-state index contributed by atoms with van der Waals surface area (Å²) in [6, 6.07) is 0. The predicted octanol–water partition coefficient (Wildman–Crippen LogP) is 2.14. The molecule has 0 aromatic heterocycles. The number of piperidine rings is 1. The number of nitrogens with zero attached hydrogens (tertiary/aromatic N) is 1. The van der Waals surface area contributed by atoms with E-state index in [2.05, 4.69) is 0 Å². The second-order valence-electron chi connectivity index (χ2n) is 6.02. The molecule has 0 bridgehead atoms. The van der Waals surface area contributed by atoms with Gasteiger partial charge in [-0.1, -0.05) is 6.92 Å². The molecule has 1 aliphatic rings. The summed E-state index contributed by atoms with van der Waals surface area (Å²) in [6.07, 6.45) is 0.890. The highest BCUT2D eigenvalue weighted by molar-refractivity contribution is 7.86. The highest BCUT2D eigenvalue weighted by Crippen LogP contribution is 2.19. The molecule has 0 saturated carbocycles. The van der Waals surface area contributed by atoms with Gasteiger partial charge >= 0.3 is 6.09 Å². The molecule has 7 heteroatoms. The van der Waals surface area contributed by atoms with Crippen LogP contribution in [-0.2, 0) is 19.0 Å².